The minimum Gasteiger partial charge on any atom is -0.322 e. The first-order valence-corrected chi connectivity index (χ1v) is 13.5. The van der Waals surface area contributed by atoms with Gasteiger partial charge in [-0.05, 0) is 87.4 Å². The van der Waals surface area contributed by atoms with E-state index in [1.54, 1.807) is 34.9 Å². The van der Waals surface area contributed by atoms with Crippen LogP contribution in [0.1, 0.15) is 41.4 Å². The second kappa shape index (κ2) is 9.49. The number of benzene rings is 3. The molecule has 0 atom stereocenters. The van der Waals surface area contributed by atoms with Crippen LogP contribution in [0.25, 0.3) is 10.2 Å². The minimum atomic E-state index is -4.04. The number of aromatic nitrogens is 1. The van der Waals surface area contributed by atoms with Gasteiger partial charge in [0.05, 0.1) is 15.2 Å². The Labute approximate surface area is 212 Å². The van der Waals surface area contributed by atoms with E-state index in [1.165, 1.54) is 18.2 Å². The Hall–Kier alpha value is -3.14. The molecule has 0 unspecified atom stereocenters. The van der Waals surface area contributed by atoms with Gasteiger partial charge in [-0.2, -0.15) is 0 Å². The van der Waals surface area contributed by atoms with Crippen LogP contribution in [0.4, 0.5) is 11.4 Å². The van der Waals surface area contributed by atoms with Crippen molar-refractivity contribution in [2.45, 2.75) is 38.6 Å². The molecule has 182 valence electrons. The molecule has 0 radical (unpaired) electrons. The lowest BCUT2D eigenvalue weighted by Crippen LogP contribution is -2.16. The van der Waals surface area contributed by atoms with Crippen LogP contribution in [-0.2, 0) is 10.0 Å². The Morgan fingerprint density at radius 1 is 0.971 bits per heavy atom. The van der Waals surface area contributed by atoms with E-state index < -0.39 is 15.9 Å². The Morgan fingerprint density at radius 2 is 1.69 bits per heavy atom. The van der Waals surface area contributed by atoms with Crippen molar-refractivity contribution < 1.29 is 13.2 Å². The third kappa shape index (κ3) is 5.12. The molecule has 4 aromatic rings. The van der Waals surface area contributed by atoms with Gasteiger partial charge >= 0.3 is 4.87 Å². The zero-order valence-electron chi connectivity index (χ0n) is 19.5. The molecule has 0 saturated heterocycles. The highest BCUT2D eigenvalue weighted by Gasteiger charge is 2.21. The van der Waals surface area contributed by atoms with Crippen LogP contribution < -0.4 is 14.9 Å². The molecule has 1 amide bonds. The standard InChI is InChI=1S/C25H24ClN3O4S2/c1-14(2)29-21-10-8-18(13-22(21)34-25(29)31)27-24(30)17-6-9-20(26)23(12-17)35(32,33)28-19-7-5-15(3)16(4)11-19/h5-14,28H,1-4H3,(H,27,30). The highest BCUT2D eigenvalue weighted by atomic mass is 35.5. The van der Waals surface area contributed by atoms with Gasteiger partial charge in [0.1, 0.15) is 4.90 Å². The van der Waals surface area contributed by atoms with Crippen molar-refractivity contribution in [3.8, 4) is 0 Å². The van der Waals surface area contributed by atoms with E-state index in [4.69, 9.17) is 11.6 Å². The van der Waals surface area contributed by atoms with Crippen molar-refractivity contribution in [3.63, 3.8) is 0 Å². The first kappa shape index (κ1) is 25.0. The van der Waals surface area contributed by atoms with Gasteiger partial charge in [-0.3, -0.25) is 18.9 Å². The summed E-state index contributed by atoms with van der Waals surface area (Å²) >= 11 is 7.30. The molecule has 0 spiro atoms. The minimum absolute atomic E-state index is 0.000830. The number of sulfonamides is 1. The lowest BCUT2D eigenvalue weighted by atomic mass is 10.1. The van der Waals surface area contributed by atoms with Crippen molar-refractivity contribution in [3.05, 3.63) is 86.0 Å². The van der Waals surface area contributed by atoms with Gasteiger partial charge in [0.15, 0.2) is 0 Å². The second-order valence-electron chi connectivity index (χ2n) is 8.52. The van der Waals surface area contributed by atoms with Gasteiger partial charge in [0.25, 0.3) is 15.9 Å². The SMILES string of the molecule is Cc1ccc(NS(=O)(=O)c2cc(C(=O)Nc3ccc4c(c3)sc(=O)n4C(C)C)ccc2Cl)cc1C. The number of fused-ring (bicyclic) bond motifs is 1. The number of nitrogens with zero attached hydrogens (tertiary/aromatic N) is 1. The summed E-state index contributed by atoms with van der Waals surface area (Å²) in [6.07, 6.45) is 0. The predicted molar refractivity (Wildman–Crippen MR) is 143 cm³/mol. The average molecular weight is 530 g/mol. The number of anilines is 2. The zero-order valence-corrected chi connectivity index (χ0v) is 21.9. The number of nitrogens with one attached hydrogen (secondary N) is 2. The molecule has 0 fully saturated rings. The quantitative estimate of drug-likeness (QED) is 0.321. The number of rotatable bonds is 6. The number of carbonyl (C=O) groups is 1. The molecule has 1 aromatic heterocycles. The highest BCUT2D eigenvalue weighted by molar-refractivity contribution is 7.92. The fourth-order valence-electron chi connectivity index (χ4n) is 3.67. The molecule has 1 heterocycles. The van der Waals surface area contributed by atoms with Gasteiger partial charge in [0, 0.05) is 23.0 Å². The highest BCUT2D eigenvalue weighted by Crippen LogP contribution is 2.28. The third-order valence-electron chi connectivity index (χ3n) is 5.63. The van der Waals surface area contributed by atoms with Crippen molar-refractivity contribution in [1.29, 1.82) is 0 Å². The molecular formula is C25H24ClN3O4S2. The number of carbonyl (C=O) groups excluding carboxylic acids is 1. The summed E-state index contributed by atoms with van der Waals surface area (Å²) in [7, 11) is -4.04. The Morgan fingerprint density at radius 3 is 2.37 bits per heavy atom. The number of aryl methyl sites for hydroxylation is 2. The van der Waals surface area contributed by atoms with Gasteiger partial charge in [0.2, 0.25) is 0 Å². The Bertz CT molecular complexity index is 1620. The molecule has 35 heavy (non-hydrogen) atoms. The van der Waals surface area contributed by atoms with Crippen molar-refractivity contribution in [2.24, 2.45) is 0 Å². The van der Waals surface area contributed by atoms with E-state index in [-0.39, 0.29) is 26.4 Å². The summed E-state index contributed by atoms with van der Waals surface area (Å²) in [5.74, 6) is -0.501. The molecule has 0 saturated carbocycles. The topological polar surface area (TPSA) is 97.3 Å². The van der Waals surface area contributed by atoms with Crippen LogP contribution in [0, 0.1) is 13.8 Å². The molecule has 0 aliphatic rings. The largest absolute Gasteiger partial charge is 0.322 e. The summed E-state index contributed by atoms with van der Waals surface area (Å²) in [5.41, 5.74) is 3.80. The van der Waals surface area contributed by atoms with Gasteiger partial charge in [-0.25, -0.2) is 8.42 Å². The molecule has 0 aliphatic carbocycles. The van der Waals surface area contributed by atoms with Crippen LogP contribution in [0.2, 0.25) is 5.02 Å². The van der Waals surface area contributed by atoms with E-state index >= 15 is 0 Å². The van der Waals surface area contributed by atoms with Crippen molar-refractivity contribution in [1.82, 2.24) is 4.57 Å². The van der Waals surface area contributed by atoms with Crippen LogP contribution in [0.5, 0.6) is 0 Å². The molecule has 7 nitrogen and oxygen atoms in total. The molecule has 2 N–H and O–H groups in total. The maximum atomic E-state index is 13.0. The average Bonchev–Trinajstić information content (AvgIpc) is 3.11. The maximum Gasteiger partial charge on any atom is 0.308 e. The lowest BCUT2D eigenvalue weighted by molar-refractivity contribution is 0.102. The first-order chi connectivity index (χ1) is 16.5. The normalized spacial score (nSPS) is 11.7. The van der Waals surface area contributed by atoms with E-state index in [0.717, 1.165) is 32.7 Å². The summed E-state index contributed by atoms with van der Waals surface area (Å²) in [4.78, 5) is 24.9. The Balaban J connectivity index is 1.61. The summed E-state index contributed by atoms with van der Waals surface area (Å²) in [6, 6.07) is 14.5. The maximum absolute atomic E-state index is 13.0. The number of halogens is 1. The fraction of sp³-hybridized carbons (Fsp3) is 0.200. The van der Waals surface area contributed by atoms with Crippen molar-refractivity contribution >= 4 is 60.5 Å². The van der Waals surface area contributed by atoms with Gasteiger partial charge in [-0.15, -0.1) is 0 Å². The molecule has 0 bridgehead atoms. The number of amides is 1. The van der Waals surface area contributed by atoms with E-state index in [2.05, 4.69) is 10.0 Å². The van der Waals surface area contributed by atoms with Crippen molar-refractivity contribution in [2.75, 3.05) is 10.0 Å². The third-order valence-corrected chi connectivity index (χ3v) is 8.41. The molecule has 0 aliphatic heterocycles. The molecule has 4 rings (SSSR count). The number of hydrogen-bond acceptors (Lipinski definition) is 5. The smallest absolute Gasteiger partial charge is 0.308 e. The molecular weight excluding hydrogens is 506 g/mol. The Kier molecular flexibility index (Phi) is 6.77. The van der Waals surface area contributed by atoms with Gasteiger partial charge in [-0.1, -0.05) is 29.0 Å². The predicted octanol–water partition coefficient (Wildman–Crippen LogP) is 5.97. The van der Waals surface area contributed by atoms with Crippen LogP contribution in [0.15, 0.2) is 64.3 Å². The van der Waals surface area contributed by atoms with Crippen LogP contribution in [-0.4, -0.2) is 18.9 Å². The number of thiazole rings is 1. The number of hydrogen-bond donors (Lipinski definition) is 2. The summed E-state index contributed by atoms with van der Waals surface area (Å²) < 4.78 is 31.0. The second-order valence-corrected chi connectivity index (χ2v) is 11.6. The van der Waals surface area contributed by atoms with E-state index in [9.17, 15) is 18.0 Å². The summed E-state index contributed by atoms with van der Waals surface area (Å²) in [6.45, 7) is 7.69. The zero-order chi connectivity index (χ0) is 25.5. The van der Waals surface area contributed by atoms with E-state index in [1.807, 2.05) is 33.8 Å². The monoisotopic (exact) mass is 529 g/mol. The van der Waals surface area contributed by atoms with Crippen LogP contribution in [0.3, 0.4) is 0 Å². The lowest BCUT2D eigenvalue weighted by Gasteiger charge is -2.13. The molecule has 3 aromatic carbocycles. The van der Waals surface area contributed by atoms with E-state index in [0.29, 0.717) is 11.4 Å². The van der Waals surface area contributed by atoms with Crippen LogP contribution >= 0.6 is 22.9 Å². The first-order valence-electron chi connectivity index (χ1n) is 10.8. The summed E-state index contributed by atoms with van der Waals surface area (Å²) in [5, 5.41) is 2.77. The van der Waals surface area contributed by atoms with Gasteiger partial charge < -0.3 is 5.32 Å². The fourth-order valence-corrected chi connectivity index (χ4v) is 6.30. The molecule has 10 heteroatoms.